The lowest BCUT2D eigenvalue weighted by Gasteiger charge is -2.08. The molecule has 1 amide bonds. The molecule has 5 nitrogen and oxygen atoms in total. The zero-order chi connectivity index (χ0) is 15.4. The average molecular weight is 325 g/mol. The van der Waals surface area contributed by atoms with Gasteiger partial charge in [-0.1, -0.05) is 11.6 Å². The number of carbonyl (C=O) groups excluding carboxylic acids is 2. The number of carbonyl (C=O) groups is 2. The minimum atomic E-state index is -0.445. The molecule has 1 aromatic heterocycles. The maximum atomic E-state index is 12.0. The highest BCUT2D eigenvalue weighted by molar-refractivity contribution is 7.14. The molecular weight excluding hydrogens is 312 g/mol. The van der Waals surface area contributed by atoms with Crippen molar-refractivity contribution < 1.29 is 14.3 Å². The molecule has 0 aliphatic heterocycles. The molecule has 21 heavy (non-hydrogen) atoms. The summed E-state index contributed by atoms with van der Waals surface area (Å²) < 4.78 is 5.03. The summed E-state index contributed by atoms with van der Waals surface area (Å²) >= 11 is 7.04. The van der Waals surface area contributed by atoms with Gasteiger partial charge in [-0.3, -0.25) is 14.9 Å². The van der Waals surface area contributed by atoms with Crippen LogP contribution in [0.2, 0.25) is 5.02 Å². The minimum absolute atomic E-state index is 0.271. The second-order valence-corrected chi connectivity index (χ2v) is 5.58. The van der Waals surface area contributed by atoms with Gasteiger partial charge < -0.3 is 4.74 Å². The van der Waals surface area contributed by atoms with Gasteiger partial charge in [0.15, 0.2) is 5.13 Å². The van der Waals surface area contributed by atoms with Crippen molar-refractivity contribution in [3.8, 4) is 0 Å². The maximum Gasteiger partial charge on any atom is 0.303 e. The number of ether oxygens (including phenoxy) is 1. The number of halogens is 1. The molecule has 0 saturated heterocycles. The summed E-state index contributed by atoms with van der Waals surface area (Å²) in [6, 6.07) is 6.56. The lowest BCUT2D eigenvalue weighted by atomic mass is 10.2. The van der Waals surface area contributed by atoms with E-state index in [1.54, 1.807) is 36.6 Å². The number of anilines is 1. The SMILES string of the molecule is CC(=O)OC(C)c1csc(NC(=O)c2ccc(Cl)cc2)n1. The van der Waals surface area contributed by atoms with Crippen LogP contribution in [0, 0.1) is 0 Å². The van der Waals surface area contributed by atoms with Gasteiger partial charge in [-0.15, -0.1) is 11.3 Å². The summed E-state index contributed by atoms with van der Waals surface area (Å²) in [6.45, 7) is 3.06. The monoisotopic (exact) mass is 324 g/mol. The van der Waals surface area contributed by atoms with Crippen LogP contribution in [0.15, 0.2) is 29.6 Å². The Morgan fingerprint density at radius 3 is 2.62 bits per heavy atom. The second kappa shape index (κ2) is 6.69. The molecule has 1 unspecified atom stereocenters. The van der Waals surface area contributed by atoms with Crippen molar-refractivity contribution in [2.45, 2.75) is 20.0 Å². The molecule has 1 heterocycles. The fourth-order valence-electron chi connectivity index (χ4n) is 1.61. The molecule has 110 valence electrons. The first-order valence-electron chi connectivity index (χ1n) is 6.15. The van der Waals surface area contributed by atoms with Crippen LogP contribution in [-0.4, -0.2) is 16.9 Å². The molecule has 0 aliphatic carbocycles. The third-order valence-corrected chi connectivity index (χ3v) is 3.64. The number of rotatable bonds is 4. The molecule has 7 heteroatoms. The molecule has 0 fully saturated rings. The van der Waals surface area contributed by atoms with E-state index in [2.05, 4.69) is 10.3 Å². The van der Waals surface area contributed by atoms with Gasteiger partial charge in [-0.2, -0.15) is 0 Å². The van der Waals surface area contributed by atoms with E-state index in [4.69, 9.17) is 16.3 Å². The summed E-state index contributed by atoms with van der Waals surface area (Å²) in [4.78, 5) is 27.1. The Kier molecular flexibility index (Phi) is 4.93. The zero-order valence-corrected chi connectivity index (χ0v) is 13.0. The number of hydrogen-bond donors (Lipinski definition) is 1. The van der Waals surface area contributed by atoms with E-state index in [1.165, 1.54) is 18.3 Å². The molecule has 1 aromatic carbocycles. The highest BCUT2D eigenvalue weighted by atomic mass is 35.5. The molecule has 0 saturated carbocycles. The second-order valence-electron chi connectivity index (χ2n) is 4.29. The minimum Gasteiger partial charge on any atom is -0.456 e. The van der Waals surface area contributed by atoms with Crippen LogP contribution < -0.4 is 5.32 Å². The predicted octanol–water partition coefficient (Wildman–Crippen LogP) is 3.67. The quantitative estimate of drug-likeness (QED) is 0.871. The van der Waals surface area contributed by atoms with Crippen LogP contribution >= 0.6 is 22.9 Å². The molecular formula is C14H13ClN2O3S. The van der Waals surface area contributed by atoms with Crippen molar-refractivity contribution in [3.05, 3.63) is 45.9 Å². The first-order chi connectivity index (χ1) is 9.95. The van der Waals surface area contributed by atoms with Crippen LogP contribution in [-0.2, 0) is 9.53 Å². The van der Waals surface area contributed by atoms with Crippen LogP contribution in [0.25, 0.3) is 0 Å². The van der Waals surface area contributed by atoms with Gasteiger partial charge in [0, 0.05) is 22.9 Å². The van der Waals surface area contributed by atoms with E-state index in [1.807, 2.05) is 0 Å². The Labute approximate surface area is 130 Å². The van der Waals surface area contributed by atoms with Crippen molar-refractivity contribution in [1.82, 2.24) is 4.98 Å². The molecule has 2 aromatic rings. The Morgan fingerprint density at radius 1 is 1.33 bits per heavy atom. The molecule has 1 N–H and O–H groups in total. The molecule has 0 radical (unpaired) electrons. The van der Waals surface area contributed by atoms with Gasteiger partial charge in [0.25, 0.3) is 5.91 Å². The van der Waals surface area contributed by atoms with Gasteiger partial charge in [-0.25, -0.2) is 4.98 Å². The molecule has 0 bridgehead atoms. The molecule has 1 atom stereocenters. The maximum absolute atomic E-state index is 12.0. The average Bonchev–Trinajstić information content (AvgIpc) is 2.87. The summed E-state index contributed by atoms with van der Waals surface area (Å²) in [5.74, 6) is -0.644. The van der Waals surface area contributed by atoms with E-state index < -0.39 is 6.10 Å². The van der Waals surface area contributed by atoms with Crippen LogP contribution in [0.5, 0.6) is 0 Å². The number of nitrogens with one attached hydrogen (secondary N) is 1. The van der Waals surface area contributed by atoms with E-state index in [0.29, 0.717) is 21.4 Å². The summed E-state index contributed by atoms with van der Waals surface area (Å²) in [7, 11) is 0. The highest BCUT2D eigenvalue weighted by Crippen LogP contribution is 2.23. The largest absolute Gasteiger partial charge is 0.456 e. The first-order valence-corrected chi connectivity index (χ1v) is 7.41. The van der Waals surface area contributed by atoms with E-state index in [-0.39, 0.29) is 11.9 Å². The van der Waals surface area contributed by atoms with Crippen molar-refractivity contribution in [2.75, 3.05) is 5.32 Å². The molecule has 0 aliphatic rings. The number of nitrogens with zero attached hydrogens (tertiary/aromatic N) is 1. The van der Waals surface area contributed by atoms with Gasteiger partial charge in [0.2, 0.25) is 0 Å². The fraction of sp³-hybridized carbons (Fsp3) is 0.214. The highest BCUT2D eigenvalue weighted by Gasteiger charge is 2.14. The van der Waals surface area contributed by atoms with Crippen molar-refractivity contribution in [2.24, 2.45) is 0 Å². The van der Waals surface area contributed by atoms with E-state index in [9.17, 15) is 9.59 Å². The van der Waals surface area contributed by atoms with E-state index in [0.717, 1.165) is 0 Å². The number of aromatic nitrogens is 1. The summed E-state index contributed by atoms with van der Waals surface area (Å²) in [6.07, 6.45) is -0.445. The Balaban J connectivity index is 2.03. The lowest BCUT2D eigenvalue weighted by molar-refractivity contribution is -0.145. The smallest absolute Gasteiger partial charge is 0.303 e. The molecule has 0 spiro atoms. The summed E-state index contributed by atoms with van der Waals surface area (Å²) in [5.41, 5.74) is 1.09. The van der Waals surface area contributed by atoms with Crippen molar-refractivity contribution >= 4 is 39.9 Å². The van der Waals surface area contributed by atoms with Crippen LogP contribution in [0.1, 0.15) is 36.0 Å². The van der Waals surface area contributed by atoms with Gasteiger partial charge in [0.1, 0.15) is 6.10 Å². The zero-order valence-electron chi connectivity index (χ0n) is 11.4. The third kappa shape index (κ3) is 4.27. The molecule has 2 rings (SSSR count). The summed E-state index contributed by atoms with van der Waals surface area (Å²) in [5, 5.41) is 5.45. The van der Waals surface area contributed by atoms with Gasteiger partial charge >= 0.3 is 5.97 Å². The lowest BCUT2D eigenvalue weighted by Crippen LogP contribution is -2.12. The van der Waals surface area contributed by atoms with Crippen molar-refractivity contribution in [1.29, 1.82) is 0 Å². The standard InChI is InChI=1S/C14H13ClN2O3S/c1-8(20-9(2)18)12-7-21-14(16-12)17-13(19)10-3-5-11(15)6-4-10/h3-8H,1-2H3,(H,16,17,19). The first kappa shape index (κ1) is 15.5. The Morgan fingerprint density at radius 2 is 2.00 bits per heavy atom. The van der Waals surface area contributed by atoms with Crippen LogP contribution in [0.3, 0.4) is 0 Å². The van der Waals surface area contributed by atoms with Gasteiger partial charge in [-0.05, 0) is 31.2 Å². The fourth-order valence-corrected chi connectivity index (χ4v) is 2.52. The topological polar surface area (TPSA) is 68.3 Å². The van der Waals surface area contributed by atoms with Crippen molar-refractivity contribution in [3.63, 3.8) is 0 Å². The normalized spacial score (nSPS) is 11.8. The number of benzene rings is 1. The number of hydrogen-bond acceptors (Lipinski definition) is 5. The van der Waals surface area contributed by atoms with Gasteiger partial charge in [0.05, 0.1) is 5.69 Å². The Hall–Kier alpha value is -1.92. The van der Waals surface area contributed by atoms with E-state index >= 15 is 0 Å². The Bertz CT molecular complexity index is 654. The number of esters is 1. The number of thiazole rings is 1. The van der Waals surface area contributed by atoms with Crippen LogP contribution in [0.4, 0.5) is 5.13 Å². The predicted molar refractivity (Wildman–Crippen MR) is 81.7 cm³/mol. The number of amides is 1. The third-order valence-electron chi connectivity index (χ3n) is 2.61.